The van der Waals surface area contributed by atoms with Gasteiger partial charge in [0.25, 0.3) is 5.91 Å². The van der Waals surface area contributed by atoms with Crippen molar-refractivity contribution in [1.29, 1.82) is 0 Å². The highest BCUT2D eigenvalue weighted by molar-refractivity contribution is 5.78. The number of carbonyl (C=O) groups is 1. The SMILES string of the molecule is CNc1nc(C2CCCN(C(=O)COc3ccccc3)C2)cc2ccnn12. The van der Waals surface area contributed by atoms with Crippen molar-refractivity contribution in [3.8, 4) is 5.75 Å². The number of carbonyl (C=O) groups excluding carboxylic acids is 1. The Balaban J connectivity index is 1.45. The van der Waals surface area contributed by atoms with Crippen LogP contribution in [0.5, 0.6) is 5.75 Å². The molecular formula is C20H23N5O2. The van der Waals surface area contributed by atoms with Crippen molar-refractivity contribution in [1.82, 2.24) is 19.5 Å². The molecule has 1 saturated heterocycles. The van der Waals surface area contributed by atoms with E-state index in [1.165, 1.54) is 0 Å². The number of hydrogen-bond acceptors (Lipinski definition) is 5. The van der Waals surface area contributed by atoms with Gasteiger partial charge in [-0.3, -0.25) is 4.79 Å². The summed E-state index contributed by atoms with van der Waals surface area (Å²) in [5.41, 5.74) is 1.99. The Morgan fingerprint density at radius 2 is 2.15 bits per heavy atom. The minimum Gasteiger partial charge on any atom is -0.484 e. The number of piperidine rings is 1. The summed E-state index contributed by atoms with van der Waals surface area (Å²) >= 11 is 0. The molecule has 0 bridgehead atoms. The Hall–Kier alpha value is -3.09. The Kier molecular flexibility index (Phi) is 4.91. The molecule has 1 atom stereocenters. The summed E-state index contributed by atoms with van der Waals surface area (Å²) in [5, 5.41) is 7.38. The lowest BCUT2D eigenvalue weighted by atomic mass is 9.94. The fraction of sp³-hybridized carbons (Fsp3) is 0.350. The number of hydrogen-bond donors (Lipinski definition) is 1. The number of nitrogens with one attached hydrogen (secondary N) is 1. The van der Waals surface area contributed by atoms with E-state index in [1.807, 2.05) is 48.3 Å². The molecule has 3 aromatic rings. The third-order valence-corrected chi connectivity index (χ3v) is 4.92. The largest absolute Gasteiger partial charge is 0.484 e. The lowest BCUT2D eigenvalue weighted by Gasteiger charge is -2.32. The summed E-state index contributed by atoms with van der Waals surface area (Å²) in [4.78, 5) is 19.2. The van der Waals surface area contributed by atoms with Crippen LogP contribution in [0.25, 0.3) is 5.52 Å². The first-order valence-electron chi connectivity index (χ1n) is 9.22. The number of rotatable bonds is 5. The fourth-order valence-corrected chi connectivity index (χ4v) is 3.52. The zero-order chi connectivity index (χ0) is 18.6. The Morgan fingerprint density at radius 1 is 1.30 bits per heavy atom. The number of aromatic nitrogens is 3. The van der Waals surface area contributed by atoms with Gasteiger partial charge < -0.3 is 15.0 Å². The Morgan fingerprint density at radius 3 is 2.96 bits per heavy atom. The smallest absolute Gasteiger partial charge is 0.260 e. The molecule has 0 radical (unpaired) electrons. The number of likely N-dealkylation sites (tertiary alicyclic amines) is 1. The first kappa shape index (κ1) is 17.3. The molecule has 0 saturated carbocycles. The quantitative estimate of drug-likeness (QED) is 0.752. The molecule has 1 unspecified atom stereocenters. The number of para-hydroxylation sites is 1. The monoisotopic (exact) mass is 365 g/mol. The van der Waals surface area contributed by atoms with Crippen LogP contribution >= 0.6 is 0 Å². The predicted molar refractivity (Wildman–Crippen MR) is 103 cm³/mol. The van der Waals surface area contributed by atoms with Crippen LogP contribution in [0.4, 0.5) is 5.95 Å². The maximum atomic E-state index is 12.6. The summed E-state index contributed by atoms with van der Waals surface area (Å²) < 4.78 is 7.40. The van der Waals surface area contributed by atoms with Crippen molar-refractivity contribution in [3.63, 3.8) is 0 Å². The maximum absolute atomic E-state index is 12.6. The first-order valence-corrected chi connectivity index (χ1v) is 9.22. The van der Waals surface area contributed by atoms with Gasteiger partial charge in [0.2, 0.25) is 5.95 Å². The molecular weight excluding hydrogens is 342 g/mol. The van der Waals surface area contributed by atoms with Gasteiger partial charge in [0.1, 0.15) is 5.75 Å². The van der Waals surface area contributed by atoms with Crippen LogP contribution in [0.2, 0.25) is 0 Å². The van der Waals surface area contributed by atoms with Gasteiger partial charge in [-0.1, -0.05) is 18.2 Å². The van der Waals surface area contributed by atoms with Gasteiger partial charge in [0.05, 0.1) is 17.4 Å². The average molecular weight is 365 g/mol. The van der Waals surface area contributed by atoms with Crippen LogP contribution in [-0.4, -0.2) is 52.1 Å². The third kappa shape index (κ3) is 3.72. The summed E-state index contributed by atoms with van der Waals surface area (Å²) in [6.07, 6.45) is 3.74. The van der Waals surface area contributed by atoms with Crippen molar-refractivity contribution in [2.24, 2.45) is 0 Å². The van der Waals surface area contributed by atoms with Crippen molar-refractivity contribution >= 4 is 17.4 Å². The first-order chi connectivity index (χ1) is 13.2. The highest BCUT2D eigenvalue weighted by Crippen LogP contribution is 2.27. The van der Waals surface area contributed by atoms with E-state index in [-0.39, 0.29) is 18.4 Å². The molecule has 1 aliphatic rings. The van der Waals surface area contributed by atoms with E-state index in [1.54, 1.807) is 10.7 Å². The number of benzene rings is 1. The molecule has 7 heteroatoms. The van der Waals surface area contributed by atoms with Gasteiger partial charge in [-0.25, -0.2) is 9.50 Å². The van der Waals surface area contributed by atoms with Crippen LogP contribution < -0.4 is 10.1 Å². The predicted octanol–water partition coefficient (Wildman–Crippen LogP) is 2.56. The van der Waals surface area contributed by atoms with Crippen molar-refractivity contribution in [2.45, 2.75) is 18.8 Å². The summed E-state index contributed by atoms with van der Waals surface area (Å²) in [6, 6.07) is 13.5. The fourth-order valence-electron chi connectivity index (χ4n) is 3.52. The van der Waals surface area contributed by atoms with Crippen LogP contribution in [0.1, 0.15) is 24.5 Å². The highest BCUT2D eigenvalue weighted by Gasteiger charge is 2.26. The minimum absolute atomic E-state index is 0.0165. The molecule has 140 valence electrons. The number of amides is 1. The van der Waals surface area contributed by atoms with Gasteiger partial charge in [0.15, 0.2) is 6.61 Å². The van der Waals surface area contributed by atoms with Crippen molar-refractivity contribution in [2.75, 3.05) is 32.1 Å². The molecule has 27 heavy (non-hydrogen) atoms. The molecule has 0 aliphatic carbocycles. The Labute approximate surface area is 158 Å². The topological polar surface area (TPSA) is 71.8 Å². The minimum atomic E-state index is 0.0165. The zero-order valence-electron chi connectivity index (χ0n) is 15.3. The van der Waals surface area contributed by atoms with Crippen LogP contribution in [-0.2, 0) is 4.79 Å². The lowest BCUT2D eigenvalue weighted by Crippen LogP contribution is -2.41. The normalized spacial score (nSPS) is 17.1. The van der Waals surface area contributed by atoms with Crippen LogP contribution in [0.3, 0.4) is 0 Å². The van der Waals surface area contributed by atoms with E-state index in [0.29, 0.717) is 18.2 Å². The highest BCUT2D eigenvalue weighted by atomic mass is 16.5. The van der Waals surface area contributed by atoms with Crippen LogP contribution in [0.15, 0.2) is 48.7 Å². The maximum Gasteiger partial charge on any atom is 0.260 e. The molecule has 0 spiro atoms. The summed E-state index contributed by atoms with van der Waals surface area (Å²) in [5.74, 6) is 1.66. The van der Waals surface area contributed by atoms with E-state index in [4.69, 9.17) is 9.72 Å². The molecule has 7 nitrogen and oxygen atoms in total. The molecule has 4 rings (SSSR count). The van der Waals surface area contributed by atoms with Crippen molar-refractivity contribution in [3.05, 3.63) is 54.4 Å². The summed E-state index contributed by atoms with van der Waals surface area (Å²) in [6.45, 7) is 1.49. The van der Waals surface area contributed by atoms with Gasteiger partial charge in [-0.05, 0) is 37.1 Å². The molecule has 1 fully saturated rings. The average Bonchev–Trinajstić information content (AvgIpc) is 3.21. The molecule has 1 aliphatic heterocycles. The number of fused-ring (bicyclic) bond motifs is 1. The van der Waals surface area contributed by atoms with Gasteiger partial charge in [0, 0.05) is 26.1 Å². The standard InChI is InChI=1S/C20H23N5O2/c1-21-20-23-18(12-16-9-10-22-25(16)20)15-6-5-11-24(13-15)19(26)14-27-17-7-3-2-4-8-17/h2-4,7-10,12,15H,5-6,11,13-14H2,1H3,(H,21,23). The van der Waals surface area contributed by atoms with Gasteiger partial charge in [-0.2, -0.15) is 5.10 Å². The number of ether oxygens (including phenoxy) is 1. The van der Waals surface area contributed by atoms with Crippen molar-refractivity contribution < 1.29 is 9.53 Å². The second-order valence-corrected chi connectivity index (χ2v) is 6.70. The lowest BCUT2D eigenvalue weighted by molar-refractivity contribution is -0.134. The second kappa shape index (κ2) is 7.65. The van der Waals surface area contributed by atoms with Gasteiger partial charge >= 0.3 is 0 Å². The second-order valence-electron chi connectivity index (χ2n) is 6.70. The van der Waals surface area contributed by atoms with E-state index in [2.05, 4.69) is 16.5 Å². The third-order valence-electron chi connectivity index (χ3n) is 4.92. The Bertz CT molecular complexity index is 925. The van der Waals surface area contributed by atoms with E-state index in [9.17, 15) is 4.79 Å². The molecule has 1 aromatic carbocycles. The van der Waals surface area contributed by atoms with Crippen LogP contribution in [0, 0.1) is 0 Å². The number of nitrogens with zero attached hydrogens (tertiary/aromatic N) is 4. The number of anilines is 1. The molecule has 2 aromatic heterocycles. The zero-order valence-corrected chi connectivity index (χ0v) is 15.3. The molecule has 1 N–H and O–H groups in total. The molecule has 3 heterocycles. The van der Waals surface area contributed by atoms with E-state index < -0.39 is 0 Å². The van der Waals surface area contributed by atoms with Gasteiger partial charge in [-0.15, -0.1) is 0 Å². The van der Waals surface area contributed by atoms with E-state index >= 15 is 0 Å². The van der Waals surface area contributed by atoms with E-state index in [0.717, 1.165) is 30.6 Å². The summed E-state index contributed by atoms with van der Waals surface area (Å²) in [7, 11) is 1.84. The molecule has 1 amide bonds.